The maximum Gasteiger partial charge on any atom is 0.336 e. The SMILES string of the molecule is CCc1ccc(-c2ccccc2C(=O)O)cc1CC. The molecule has 0 spiro atoms. The summed E-state index contributed by atoms with van der Waals surface area (Å²) in [5, 5.41) is 9.25. The second kappa shape index (κ2) is 5.70. The van der Waals surface area contributed by atoms with Gasteiger partial charge in [-0.15, -0.1) is 0 Å². The Morgan fingerprint density at radius 1 is 1.00 bits per heavy atom. The monoisotopic (exact) mass is 254 g/mol. The Morgan fingerprint density at radius 2 is 1.68 bits per heavy atom. The van der Waals surface area contributed by atoms with Crippen molar-refractivity contribution in [3.63, 3.8) is 0 Å². The fraction of sp³-hybridized carbons (Fsp3) is 0.235. The second-order valence-corrected chi connectivity index (χ2v) is 4.54. The van der Waals surface area contributed by atoms with Gasteiger partial charge in [-0.2, -0.15) is 0 Å². The summed E-state index contributed by atoms with van der Waals surface area (Å²) >= 11 is 0. The van der Waals surface area contributed by atoms with Crippen LogP contribution in [-0.4, -0.2) is 11.1 Å². The molecule has 0 bridgehead atoms. The average molecular weight is 254 g/mol. The van der Waals surface area contributed by atoms with E-state index in [1.165, 1.54) is 11.1 Å². The van der Waals surface area contributed by atoms with Gasteiger partial charge in [0.1, 0.15) is 0 Å². The highest BCUT2D eigenvalue weighted by Gasteiger charge is 2.11. The van der Waals surface area contributed by atoms with Gasteiger partial charge in [0.05, 0.1) is 5.56 Å². The maximum atomic E-state index is 11.3. The van der Waals surface area contributed by atoms with Crippen molar-refractivity contribution in [1.82, 2.24) is 0 Å². The highest BCUT2D eigenvalue weighted by Crippen LogP contribution is 2.26. The molecule has 0 aliphatic rings. The Kier molecular flexibility index (Phi) is 4.00. The lowest BCUT2D eigenvalue weighted by atomic mass is 9.94. The van der Waals surface area contributed by atoms with Crippen LogP contribution >= 0.6 is 0 Å². The molecule has 2 aromatic rings. The zero-order chi connectivity index (χ0) is 13.8. The van der Waals surface area contributed by atoms with Crippen LogP contribution < -0.4 is 0 Å². The van der Waals surface area contributed by atoms with Gasteiger partial charge in [-0.05, 0) is 41.2 Å². The smallest absolute Gasteiger partial charge is 0.336 e. The number of benzene rings is 2. The van der Waals surface area contributed by atoms with Gasteiger partial charge in [0.15, 0.2) is 0 Å². The fourth-order valence-corrected chi connectivity index (χ4v) is 2.39. The van der Waals surface area contributed by atoms with Crippen molar-refractivity contribution in [2.24, 2.45) is 0 Å². The minimum Gasteiger partial charge on any atom is -0.478 e. The number of rotatable bonds is 4. The minimum atomic E-state index is -0.881. The van der Waals surface area contributed by atoms with E-state index in [2.05, 4.69) is 26.0 Å². The summed E-state index contributed by atoms with van der Waals surface area (Å²) in [5.74, 6) is -0.881. The normalized spacial score (nSPS) is 10.4. The first-order chi connectivity index (χ1) is 9.17. The van der Waals surface area contributed by atoms with Crippen LogP contribution in [0, 0.1) is 0 Å². The number of aromatic carboxylic acids is 1. The molecule has 0 atom stereocenters. The van der Waals surface area contributed by atoms with Crippen LogP contribution in [0.5, 0.6) is 0 Å². The van der Waals surface area contributed by atoms with Crippen LogP contribution in [0.2, 0.25) is 0 Å². The number of carboxylic acid groups (broad SMARTS) is 1. The van der Waals surface area contributed by atoms with Crippen molar-refractivity contribution in [2.45, 2.75) is 26.7 Å². The summed E-state index contributed by atoms with van der Waals surface area (Å²) in [6.07, 6.45) is 1.97. The van der Waals surface area contributed by atoms with Crippen molar-refractivity contribution >= 4 is 5.97 Å². The molecular formula is C17H18O2. The highest BCUT2D eigenvalue weighted by molar-refractivity contribution is 5.96. The minimum absolute atomic E-state index is 0.355. The molecule has 0 saturated heterocycles. The van der Waals surface area contributed by atoms with E-state index < -0.39 is 5.97 Å². The van der Waals surface area contributed by atoms with Crippen LogP contribution in [0.3, 0.4) is 0 Å². The van der Waals surface area contributed by atoms with Gasteiger partial charge in [-0.1, -0.05) is 50.2 Å². The van der Waals surface area contributed by atoms with Crippen LogP contribution in [0.15, 0.2) is 42.5 Å². The van der Waals surface area contributed by atoms with E-state index in [1.54, 1.807) is 12.1 Å². The predicted molar refractivity (Wildman–Crippen MR) is 77.6 cm³/mol. The Labute approximate surface area is 113 Å². The molecule has 98 valence electrons. The molecule has 2 aromatic carbocycles. The number of carbonyl (C=O) groups is 1. The Morgan fingerprint density at radius 3 is 2.32 bits per heavy atom. The molecule has 0 radical (unpaired) electrons. The lowest BCUT2D eigenvalue weighted by Crippen LogP contribution is -2.00. The van der Waals surface area contributed by atoms with Crippen molar-refractivity contribution in [2.75, 3.05) is 0 Å². The Hall–Kier alpha value is -2.09. The number of carboxylic acids is 1. The summed E-state index contributed by atoms with van der Waals surface area (Å²) in [7, 11) is 0. The van der Waals surface area contributed by atoms with Crippen molar-refractivity contribution in [3.8, 4) is 11.1 Å². The van der Waals surface area contributed by atoms with E-state index in [9.17, 15) is 9.90 Å². The summed E-state index contributed by atoms with van der Waals surface area (Å²) < 4.78 is 0. The zero-order valence-corrected chi connectivity index (χ0v) is 11.3. The average Bonchev–Trinajstić information content (AvgIpc) is 2.46. The fourth-order valence-electron chi connectivity index (χ4n) is 2.39. The van der Waals surface area contributed by atoms with Crippen LogP contribution in [0.25, 0.3) is 11.1 Å². The first kappa shape index (κ1) is 13.3. The van der Waals surface area contributed by atoms with Crippen molar-refractivity contribution in [3.05, 3.63) is 59.2 Å². The van der Waals surface area contributed by atoms with Crippen molar-refractivity contribution < 1.29 is 9.90 Å². The van der Waals surface area contributed by atoms with Gasteiger partial charge in [0.2, 0.25) is 0 Å². The van der Waals surface area contributed by atoms with Gasteiger partial charge in [0.25, 0.3) is 0 Å². The third-order valence-electron chi connectivity index (χ3n) is 3.44. The third kappa shape index (κ3) is 2.68. The molecule has 2 heteroatoms. The largest absolute Gasteiger partial charge is 0.478 e. The molecular weight excluding hydrogens is 236 g/mol. The standard InChI is InChI=1S/C17H18O2/c1-3-12-9-10-14(11-13(12)4-2)15-7-5-6-8-16(15)17(18)19/h5-11H,3-4H2,1-2H3,(H,18,19). The molecule has 1 N–H and O–H groups in total. The van der Waals surface area contributed by atoms with Crippen LogP contribution in [0.4, 0.5) is 0 Å². The molecule has 2 rings (SSSR count). The summed E-state index contributed by atoms with van der Waals surface area (Å²) in [6.45, 7) is 4.26. The van der Waals surface area contributed by atoms with Gasteiger partial charge in [-0.25, -0.2) is 4.79 Å². The van der Waals surface area contributed by atoms with E-state index in [0.717, 1.165) is 24.0 Å². The van der Waals surface area contributed by atoms with Crippen molar-refractivity contribution in [1.29, 1.82) is 0 Å². The number of hydrogen-bond acceptors (Lipinski definition) is 1. The summed E-state index contributed by atoms with van der Waals surface area (Å²) in [4.78, 5) is 11.3. The number of hydrogen-bond donors (Lipinski definition) is 1. The second-order valence-electron chi connectivity index (χ2n) is 4.54. The molecule has 0 amide bonds. The lowest BCUT2D eigenvalue weighted by Gasteiger charge is -2.11. The third-order valence-corrected chi connectivity index (χ3v) is 3.44. The molecule has 0 saturated carbocycles. The topological polar surface area (TPSA) is 37.3 Å². The Balaban J connectivity index is 2.56. The molecule has 19 heavy (non-hydrogen) atoms. The molecule has 2 nitrogen and oxygen atoms in total. The van der Waals surface area contributed by atoms with E-state index in [4.69, 9.17) is 0 Å². The van der Waals surface area contributed by atoms with E-state index in [0.29, 0.717) is 5.56 Å². The number of aryl methyl sites for hydroxylation is 2. The van der Waals surface area contributed by atoms with Crippen LogP contribution in [0.1, 0.15) is 35.3 Å². The van der Waals surface area contributed by atoms with E-state index in [1.807, 2.05) is 18.2 Å². The van der Waals surface area contributed by atoms with E-state index >= 15 is 0 Å². The van der Waals surface area contributed by atoms with Gasteiger partial charge < -0.3 is 5.11 Å². The molecule has 0 unspecified atom stereocenters. The predicted octanol–water partition coefficient (Wildman–Crippen LogP) is 4.18. The lowest BCUT2D eigenvalue weighted by molar-refractivity contribution is 0.0697. The maximum absolute atomic E-state index is 11.3. The molecule has 0 aromatic heterocycles. The van der Waals surface area contributed by atoms with Gasteiger partial charge in [0, 0.05) is 0 Å². The molecule has 0 aliphatic heterocycles. The molecule has 0 fully saturated rings. The zero-order valence-electron chi connectivity index (χ0n) is 11.3. The Bertz CT molecular complexity index is 600. The highest BCUT2D eigenvalue weighted by atomic mass is 16.4. The van der Waals surface area contributed by atoms with Gasteiger partial charge in [-0.3, -0.25) is 0 Å². The first-order valence-corrected chi connectivity index (χ1v) is 6.61. The van der Waals surface area contributed by atoms with E-state index in [-0.39, 0.29) is 0 Å². The first-order valence-electron chi connectivity index (χ1n) is 6.61. The molecule has 0 heterocycles. The van der Waals surface area contributed by atoms with Gasteiger partial charge >= 0.3 is 5.97 Å². The molecule has 0 aliphatic carbocycles. The summed E-state index contributed by atoms with van der Waals surface area (Å²) in [5.41, 5.74) is 4.74. The summed E-state index contributed by atoms with van der Waals surface area (Å²) in [6, 6.07) is 13.4. The van der Waals surface area contributed by atoms with Crippen LogP contribution in [-0.2, 0) is 12.8 Å². The quantitative estimate of drug-likeness (QED) is 0.888.